The molecule has 2 aromatic rings. The first-order valence-corrected chi connectivity index (χ1v) is 11.7. The molecule has 12 N–H and O–H groups in total. The molecule has 13 heteroatoms. The van der Waals surface area contributed by atoms with Gasteiger partial charge in [0.2, 0.25) is 0 Å². The number of carbonyl (C=O) groups is 2. The van der Waals surface area contributed by atoms with Crippen LogP contribution in [0.1, 0.15) is 64.9 Å². The number of carboxylic acids is 2. The smallest absolute Gasteiger partial charge is 0.300 e. The van der Waals surface area contributed by atoms with Crippen molar-refractivity contribution in [1.82, 2.24) is 10.6 Å². The van der Waals surface area contributed by atoms with Gasteiger partial charge in [-0.3, -0.25) is 9.59 Å². The summed E-state index contributed by atoms with van der Waals surface area (Å²) in [6, 6.07) is 8.77. The lowest BCUT2D eigenvalue weighted by Gasteiger charge is -2.14. The monoisotopic (exact) mass is 560 g/mol. The summed E-state index contributed by atoms with van der Waals surface area (Å²) in [5, 5.41) is 77.4. The van der Waals surface area contributed by atoms with Crippen molar-refractivity contribution in [3.63, 3.8) is 0 Å². The summed E-state index contributed by atoms with van der Waals surface area (Å²) in [5.41, 5.74) is 1.00. The van der Waals surface area contributed by atoms with Crippen LogP contribution in [0.3, 0.4) is 0 Å². The van der Waals surface area contributed by atoms with Gasteiger partial charge in [-0.1, -0.05) is 27.7 Å². The fraction of sp³-hybridized carbons (Fsp3) is 0.462. The van der Waals surface area contributed by atoms with Crippen LogP contribution in [0, 0.1) is 0 Å². The lowest BCUT2D eigenvalue weighted by Crippen LogP contribution is -2.27. The molecule has 2 rings (SSSR count). The Morgan fingerprint density at radius 1 is 0.615 bits per heavy atom. The van der Waals surface area contributed by atoms with Crippen LogP contribution in [0.2, 0.25) is 0 Å². The van der Waals surface area contributed by atoms with E-state index in [9.17, 15) is 30.6 Å². The molecule has 2 unspecified atom stereocenters. The number of aromatic hydroxyl groups is 4. The number of hydrogen-bond donors (Lipinski definition) is 10. The minimum atomic E-state index is -0.833. The third kappa shape index (κ3) is 24.5. The highest BCUT2D eigenvalue weighted by atomic mass is 16.4. The van der Waals surface area contributed by atoms with Crippen molar-refractivity contribution < 1.29 is 55.9 Å². The molecule has 0 saturated carbocycles. The summed E-state index contributed by atoms with van der Waals surface area (Å²) in [7, 11) is 0. The number of benzene rings is 2. The standard InChI is InChI=1S/2C11H17NO3.2C2H4O2.H2O/c2*1-7(2)12-6-11(15)8-3-9(13)5-10(14)4-8;2*1-2(3)4;/h2*3-5,7,11-15H,6H2,1-2H3;2*1H3,(H,3,4);1H2. The van der Waals surface area contributed by atoms with Crippen LogP contribution in [0.4, 0.5) is 0 Å². The maximum Gasteiger partial charge on any atom is 0.300 e. The quantitative estimate of drug-likeness (QED) is 0.221. The molecule has 0 fully saturated rings. The van der Waals surface area contributed by atoms with Crippen molar-refractivity contribution in [3.8, 4) is 23.0 Å². The first kappa shape index (κ1) is 39.9. The molecule has 0 aliphatic rings. The third-order valence-electron chi connectivity index (χ3n) is 4.06. The predicted molar refractivity (Wildman–Crippen MR) is 146 cm³/mol. The molecule has 0 aliphatic heterocycles. The van der Waals surface area contributed by atoms with E-state index in [1.807, 2.05) is 27.7 Å². The van der Waals surface area contributed by atoms with Gasteiger partial charge in [-0.25, -0.2) is 0 Å². The molecular weight excluding hydrogens is 516 g/mol. The third-order valence-corrected chi connectivity index (χ3v) is 4.06. The van der Waals surface area contributed by atoms with Gasteiger partial charge in [0, 0.05) is 51.2 Å². The first-order valence-electron chi connectivity index (χ1n) is 11.7. The van der Waals surface area contributed by atoms with Crippen molar-refractivity contribution in [2.45, 2.75) is 65.8 Å². The zero-order chi connectivity index (χ0) is 30.0. The highest BCUT2D eigenvalue weighted by Gasteiger charge is 2.11. The lowest BCUT2D eigenvalue weighted by molar-refractivity contribution is -0.135. The van der Waals surface area contributed by atoms with Crippen molar-refractivity contribution in [2.75, 3.05) is 13.1 Å². The summed E-state index contributed by atoms with van der Waals surface area (Å²) in [6.07, 6.45) is -1.46. The van der Waals surface area contributed by atoms with Gasteiger partial charge in [-0.05, 0) is 35.4 Å². The van der Waals surface area contributed by atoms with Crippen molar-refractivity contribution in [1.29, 1.82) is 0 Å². The van der Waals surface area contributed by atoms with E-state index >= 15 is 0 Å². The predicted octanol–water partition coefficient (Wildman–Crippen LogP) is 1.62. The highest BCUT2D eigenvalue weighted by Crippen LogP contribution is 2.25. The second-order valence-electron chi connectivity index (χ2n) is 8.76. The molecule has 2 aromatic carbocycles. The molecule has 0 aliphatic carbocycles. The lowest BCUT2D eigenvalue weighted by atomic mass is 10.1. The van der Waals surface area contributed by atoms with Crippen LogP contribution in [-0.2, 0) is 9.59 Å². The molecular formula is C26H44N2O11. The molecule has 0 heterocycles. The topological polar surface area (TPSA) is 252 Å². The number of phenols is 4. The van der Waals surface area contributed by atoms with Gasteiger partial charge < -0.3 is 57.0 Å². The number of aliphatic hydroxyl groups is 2. The zero-order valence-corrected chi connectivity index (χ0v) is 23.1. The number of phenolic OH excluding ortho intramolecular Hbond substituents is 4. The van der Waals surface area contributed by atoms with E-state index in [0.717, 1.165) is 13.8 Å². The number of nitrogens with one attached hydrogen (secondary N) is 2. The van der Waals surface area contributed by atoms with Crippen molar-refractivity contribution in [3.05, 3.63) is 47.5 Å². The molecule has 0 amide bonds. The van der Waals surface area contributed by atoms with Crippen LogP contribution in [0.25, 0.3) is 0 Å². The van der Waals surface area contributed by atoms with Gasteiger partial charge in [0.15, 0.2) is 0 Å². The Morgan fingerprint density at radius 2 is 0.821 bits per heavy atom. The molecule has 39 heavy (non-hydrogen) atoms. The molecule has 0 bridgehead atoms. The molecule has 224 valence electrons. The normalized spacial score (nSPS) is 11.3. The number of rotatable bonds is 8. The summed E-state index contributed by atoms with van der Waals surface area (Å²) in [4.78, 5) is 18.0. The van der Waals surface area contributed by atoms with E-state index in [4.69, 9.17) is 19.8 Å². The van der Waals surface area contributed by atoms with Gasteiger partial charge in [-0.15, -0.1) is 0 Å². The van der Waals surface area contributed by atoms with Crippen LogP contribution in [0.5, 0.6) is 23.0 Å². The van der Waals surface area contributed by atoms with E-state index in [0.29, 0.717) is 24.2 Å². The number of aliphatic hydroxyl groups excluding tert-OH is 2. The van der Waals surface area contributed by atoms with Gasteiger partial charge in [0.05, 0.1) is 12.2 Å². The zero-order valence-electron chi connectivity index (χ0n) is 23.1. The minimum absolute atomic E-state index is 0. The number of hydrogen-bond acceptors (Lipinski definition) is 10. The van der Waals surface area contributed by atoms with E-state index in [2.05, 4.69) is 10.6 Å². The maximum atomic E-state index is 9.73. The second-order valence-corrected chi connectivity index (χ2v) is 8.76. The average molecular weight is 561 g/mol. The van der Waals surface area contributed by atoms with Gasteiger partial charge in [0.25, 0.3) is 11.9 Å². The fourth-order valence-electron chi connectivity index (χ4n) is 2.55. The molecule has 0 aromatic heterocycles. The summed E-state index contributed by atoms with van der Waals surface area (Å²) < 4.78 is 0. The van der Waals surface area contributed by atoms with Crippen molar-refractivity contribution in [2.24, 2.45) is 0 Å². The van der Waals surface area contributed by atoms with Gasteiger partial charge >= 0.3 is 0 Å². The minimum Gasteiger partial charge on any atom is -0.508 e. The van der Waals surface area contributed by atoms with E-state index in [1.165, 1.54) is 36.4 Å². The van der Waals surface area contributed by atoms with Gasteiger partial charge in [-0.2, -0.15) is 0 Å². The Bertz CT molecular complexity index is 843. The van der Waals surface area contributed by atoms with E-state index in [1.54, 1.807) is 0 Å². The maximum absolute atomic E-state index is 9.73. The fourth-order valence-corrected chi connectivity index (χ4v) is 2.55. The number of aliphatic carboxylic acids is 2. The van der Waals surface area contributed by atoms with Gasteiger partial charge in [0.1, 0.15) is 23.0 Å². The Hall–Kier alpha value is -3.62. The molecule has 2 atom stereocenters. The second kappa shape index (κ2) is 21.3. The van der Waals surface area contributed by atoms with Crippen LogP contribution >= 0.6 is 0 Å². The van der Waals surface area contributed by atoms with E-state index in [-0.39, 0.29) is 40.6 Å². The Labute approximate surface area is 228 Å². The molecule has 0 saturated heterocycles. The van der Waals surface area contributed by atoms with Crippen molar-refractivity contribution >= 4 is 11.9 Å². The number of carboxylic acid groups (broad SMARTS) is 2. The summed E-state index contributed by atoms with van der Waals surface area (Å²) in [5.74, 6) is -1.86. The Morgan fingerprint density at radius 3 is 1.00 bits per heavy atom. The van der Waals surface area contributed by atoms with Crippen LogP contribution in [-0.4, -0.2) is 83.4 Å². The highest BCUT2D eigenvalue weighted by molar-refractivity contribution is 5.63. The Balaban J connectivity index is -0.000000512. The SMILES string of the molecule is CC(=O)O.CC(=O)O.CC(C)NCC(O)c1cc(O)cc(O)c1.CC(C)NCC(O)c1cc(O)cc(O)c1.O. The van der Waals surface area contributed by atoms with Crippen LogP contribution in [0.15, 0.2) is 36.4 Å². The van der Waals surface area contributed by atoms with E-state index < -0.39 is 24.1 Å². The molecule has 0 radical (unpaired) electrons. The van der Waals surface area contributed by atoms with Crippen LogP contribution < -0.4 is 10.6 Å². The Kier molecular flexibility index (Phi) is 21.8. The average Bonchev–Trinajstić information content (AvgIpc) is 2.74. The molecule has 13 nitrogen and oxygen atoms in total. The first-order chi connectivity index (χ1) is 17.4. The molecule has 0 spiro atoms. The largest absolute Gasteiger partial charge is 0.508 e. The summed E-state index contributed by atoms with van der Waals surface area (Å²) >= 11 is 0. The summed E-state index contributed by atoms with van der Waals surface area (Å²) in [6.45, 7) is 10.9.